The van der Waals surface area contributed by atoms with Crippen LogP contribution in [0.4, 0.5) is 4.79 Å². The Morgan fingerprint density at radius 3 is 2.40 bits per heavy atom. The molecule has 2 aliphatic rings. The maximum atomic E-state index is 13.1. The van der Waals surface area contributed by atoms with E-state index < -0.39 is 11.6 Å². The molecule has 2 fully saturated rings. The molecule has 2 aromatic rings. The van der Waals surface area contributed by atoms with Crippen molar-refractivity contribution in [3.8, 4) is 5.75 Å². The van der Waals surface area contributed by atoms with Crippen LogP contribution in [0.5, 0.6) is 5.75 Å². The monoisotopic (exact) mass is 427 g/mol. The molecule has 2 aromatic carbocycles. The van der Waals surface area contributed by atoms with Crippen molar-refractivity contribution < 1.29 is 19.1 Å². The molecule has 0 unspecified atom stereocenters. The Hall–Kier alpha value is -3.06. The number of methoxy groups -OCH3 is 1. The number of hydrogen-bond donors (Lipinski definition) is 1. The summed E-state index contributed by atoms with van der Waals surface area (Å²) in [5, 5.41) is 3.38. The van der Waals surface area contributed by atoms with Crippen molar-refractivity contribution >= 4 is 29.4 Å². The Kier molecular flexibility index (Phi) is 5.39. The highest BCUT2D eigenvalue weighted by Crippen LogP contribution is 2.32. The van der Waals surface area contributed by atoms with Crippen LogP contribution in [0.15, 0.2) is 48.5 Å². The number of urea groups is 1. The average Bonchev–Trinajstić information content (AvgIpc) is 2.99. The van der Waals surface area contributed by atoms with Crippen LogP contribution in [0.25, 0.3) is 0 Å². The van der Waals surface area contributed by atoms with Crippen LogP contribution in [0, 0.1) is 0 Å². The van der Waals surface area contributed by atoms with E-state index in [0.717, 1.165) is 0 Å². The third-order valence-corrected chi connectivity index (χ3v) is 6.14. The lowest BCUT2D eigenvalue weighted by atomic mass is 9.87. The fraction of sp³-hybridized carbons (Fsp3) is 0.318. The molecule has 1 spiro atoms. The van der Waals surface area contributed by atoms with E-state index in [1.54, 1.807) is 54.5 Å². The highest BCUT2D eigenvalue weighted by molar-refractivity contribution is 6.31. The minimum absolute atomic E-state index is 0.0998. The largest absolute Gasteiger partial charge is 0.497 e. The Balaban J connectivity index is 1.43. The number of likely N-dealkylation sites (tertiary alicyclic amines) is 1. The topological polar surface area (TPSA) is 79.0 Å². The number of benzene rings is 2. The van der Waals surface area contributed by atoms with Crippen LogP contribution in [0.2, 0.25) is 5.02 Å². The number of imide groups is 1. The van der Waals surface area contributed by atoms with Crippen molar-refractivity contribution in [3.05, 3.63) is 64.7 Å². The van der Waals surface area contributed by atoms with Crippen molar-refractivity contribution in [2.24, 2.45) is 0 Å². The van der Waals surface area contributed by atoms with E-state index in [1.165, 1.54) is 4.90 Å². The number of nitrogens with zero attached hydrogens (tertiary/aromatic N) is 2. The van der Waals surface area contributed by atoms with Gasteiger partial charge in [0.05, 0.1) is 13.7 Å². The van der Waals surface area contributed by atoms with Crippen LogP contribution in [0.1, 0.15) is 28.8 Å². The van der Waals surface area contributed by atoms with Crippen LogP contribution in [0.3, 0.4) is 0 Å². The SMILES string of the molecule is COc1ccc(C(=O)N2CCC3(CC2)NC(=O)N(Cc2ccccc2Cl)C3=O)cc1. The third kappa shape index (κ3) is 3.61. The Morgan fingerprint density at radius 2 is 1.77 bits per heavy atom. The standard InChI is InChI=1S/C22H22ClN3O4/c1-30-17-8-6-15(7-9-17)19(27)25-12-10-22(11-13-25)20(28)26(21(29)24-22)14-16-4-2-3-5-18(16)23/h2-9H,10-14H2,1H3,(H,24,29). The third-order valence-electron chi connectivity index (χ3n) is 5.77. The lowest BCUT2D eigenvalue weighted by Crippen LogP contribution is -2.55. The molecule has 30 heavy (non-hydrogen) atoms. The molecule has 4 amide bonds. The van der Waals surface area contributed by atoms with Gasteiger partial charge < -0.3 is 15.0 Å². The number of rotatable bonds is 4. The van der Waals surface area contributed by atoms with Crippen molar-refractivity contribution in [2.45, 2.75) is 24.9 Å². The molecule has 0 aromatic heterocycles. The van der Waals surface area contributed by atoms with Gasteiger partial charge >= 0.3 is 6.03 Å². The number of piperidine rings is 1. The van der Waals surface area contributed by atoms with E-state index >= 15 is 0 Å². The maximum absolute atomic E-state index is 13.1. The van der Waals surface area contributed by atoms with Crippen LogP contribution in [-0.4, -0.2) is 53.4 Å². The summed E-state index contributed by atoms with van der Waals surface area (Å²) in [4.78, 5) is 41.3. The van der Waals surface area contributed by atoms with Crippen LogP contribution in [-0.2, 0) is 11.3 Å². The summed E-state index contributed by atoms with van der Waals surface area (Å²) in [6, 6.07) is 13.7. The second-order valence-electron chi connectivity index (χ2n) is 7.52. The van der Waals surface area contributed by atoms with E-state index in [1.807, 2.05) is 6.07 Å². The van der Waals surface area contributed by atoms with E-state index in [4.69, 9.17) is 16.3 Å². The van der Waals surface area contributed by atoms with Gasteiger partial charge in [-0.1, -0.05) is 29.8 Å². The summed E-state index contributed by atoms with van der Waals surface area (Å²) >= 11 is 6.18. The molecule has 4 rings (SSSR count). The van der Waals surface area contributed by atoms with Gasteiger partial charge in [-0.25, -0.2) is 4.79 Å². The van der Waals surface area contributed by atoms with E-state index in [2.05, 4.69) is 5.32 Å². The van der Waals surface area contributed by atoms with Crippen LogP contribution >= 0.6 is 11.6 Å². The summed E-state index contributed by atoms with van der Waals surface area (Å²) in [5.74, 6) is 0.322. The van der Waals surface area contributed by atoms with Crippen LogP contribution < -0.4 is 10.1 Å². The molecule has 8 heteroatoms. The van der Waals surface area contributed by atoms with Gasteiger partial charge in [0.15, 0.2) is 0 Å². The molecular weight excluding hydrogens is 406 g/mol. The normalized spacial score (nSPS) is 17.9. The van der Waals surface area contributed by atoms with Crippen molar-refractivity contribution in [3.63, 3.8) is 0 Å². The van der Waals surface area contributed by atoms with Crippen molar-refractivity contribution in [2.75, 3.05) is 20.2 Å². The zero-order chi connectivity index (χ0) is 21.3. The zero-order valence-corrected chi connectivity index (χ0v) is 17.3. The first kappa shape index (κ1) is 20.2. The molecule has 1 N–H and O–H groups in total. The van der Waals surface area contributed by atoms with Gasteiger partial charge in [-0.2, -0.15) is 0 Å². The summed E-state index contributed by atoms with van der Waals surface area (Å²) < 4.78 is 5.12. The number of nitrogens with one attached hydrogen (secondary N) is 1. The number of carbonyl (C=O) groups is 3. The van der Waals surface area contributed by atoms with Gasteiger partial charge in [0.2, 0.25) is 0 Å². The molecule has 7 nitrogen and oxygen atoms in total. The number of halogens is 1. The Morgan fingerprint density at radius 1 is 1.10 bits per heavy atom. The molecule has 0 radical (unpaired) electrons. The molecule has 0 atom stereocenters. The fourth-order valence-electron chi connectivity index (χ4n) is 3.96. The Labute approximate surface area is 179 Å². The molecule has 2 heterocycles. The lowest BCUT2D eigenvalue weighted by molar-refractivity contribution is -0.133. The van der Waals surface area contributed by atoms with Crippen molar-refractivity contribution in [1.29, 1.82) is 0 Å². The predicted molar refractivity (Wildman–Crippen MR) is 111 cm³/mol. The van der Waals surface area contributed by atoms with Crippen molar-refractivity contribution in [1.82, 2.24) is 15.1 Å². The molecule has 0 aliphatic carbocycles. The highest BCUT2D eigenvalue weighted by Gasteiger charge is 2.52. The molecule has 2 aliphatic heterocycles. The quantitative estimate of drug-likeness (QED) is 0.760. The number of carbonyl (C=O) groups excluding carboxylic acids is 3. The van der Waals surface area contributed by atoms with E-state index in [9.17, 15) is 14.4 Å². The number of amides is 4. The molecular formula is C22H22ClN3O4. The van der Waals surface area contributed by atoms with E-state index in [0.29, 0.717) is 47.8 Å². The minimum atomic E-state index is -0.963. The first-order valence-corrected chi connectivity index (χ1v) is 10.1. The lowest BCUT2D eigenvalue weighted by Gasteiger charge is -2.37. The second-order valence-corrected chi connectivity index (χ2v) is 7.92. The maximum Gasteiger partial charge on any atom is 0.325 e. The first-order valence-electron chi connectivity index (χ1n) is 9.74. The zero-order valence-electron chi connectivity index (χ0n) is 16.6. The van der Waals surface area contributed by atoms with Gasteiger partial charge in [0.25, 0.3) is 11.8 Å². The molecule has 2 saturated heterocycles. The van der Waals surface area contributed by atoms with Gasteiger partial charge in [-0.15, -0.1) is 0 Å². The number of hydrogen-bond acceptors (Lipinski definition) is 4. The van der Waals surface area contributed by atoms with E-state index in [-0.39, 0.29) is 18.4 Å². The minimum Gasteiger partial charge on any atom is -0.497 e. The highest BCUT2D eigenvalue weighted by atomic mass is 35.5. The van der Waals surface area contributed by atoms with Gasteiger partial charge in [-0.05, 0) is 48.7 Å². The average molecular weight is 428 g/mol. The molecule has 156 valence electrons. The first-order chi connectivity index (χ1) is 14.4. The summed E-state index contributed by atoms with van der Waals surface area (Å²) in [6.45, 7) is 0.897. The summed E-state index contributed by atoms with van der Waals surface area (Å²) in [5.41, 5.74) is 0.315. The Bertz CT molecular complexity index is 984. The molecule has 0 saturated carbocycles. The fourth-order valence-corrected chi connectivity index (χ4v) is 4.16. The van der Waals surface area contributed by atoms with Gasteiger partial charge in [0.1, 0.15) is 11.3 Å². The number of ether oxygens (including phenoxy) is 1. The smallest absolute Gasteiger partial charge is 0.325 e. The molecule has 0 bridgehead atoms. The summed E-state index contributed by atoms with van der Waals surface area (Å²) in [6.07, 6.45) is 0.747. The predicted octanol–water partition coefficient (Wildman–Crippen LogP) is 3.08. The van der Waals surface area contributed by atoms with Gasteiger partial charge in [0, 0.05) is 23.7 Å². The second kappa shape index (κ2) is 7.99. The van der Waals surface area contributed by atoms with Gasteiger partial charge in [-0.3, -0.25) is 14.5 Å². The summed E-state index contributed by atoms with van der Waals surface area (Å²) in [7, 11) is 1.57.